The minimum absolute atomic E-state index is 0.0630. The van der Waals surface area contributed by atoms with Gasteiger partial charge in [-0.25, -0.2) is 0 Å². The molecule has 18 heavy (non-hydrogen) atoms. The predicted molar refractivity (Wildman–Crippen MR) is 70.2 cm³/mol. The van der Waals surface area contributed by atoms with Gasteiger partial charge in [-0.1, -0.05) is 37.3 Å². The van der Waals surface area contributed by atoms with Crippen molar-refractivity contribution >= 4 is 5.78 Å². The molecule has 2 heteroatoms. The number of hydrogen-bond acceptors (Lipinski definition) is 2. The van der Waals surface area contributed by atoms with Gasteiger partial charge in [-0.3, -0.25) is 4.79 Å². The molecule has 2 aromatic rings. The summed E-state index contributed by atoms with van der Waals surface area (Å²) in [5.74, 6) is 0.0517. The number of ketones is 1. The van der Waals surface area contributed by atoms with E-state index in [1.807, 2.05) is 37.3 Å². The van der Waals surface area contributed by atoms with Crippen LogP contribution in [0, 0.1) is 0 Å². The molecule has 0 fully saturated rings. The van der Waals surface area contributed by atoms with Gasteiger partial charge in [0.1, 0.15) is 5.75 Å². The Morgan fingerprint density at radius 1 is 1.17 bits per heavy atom. The molecule has 0 aliphatic heterocycles. The Morgan fingerprint density at radius 2 is 1.94 bits per heavy atom. The second kappa shape index (κ2) is 3.98. The van der Waals surface area contributed by atoms with E-state index in [-0.39, 0.29) is 11.5 Å². The summed E-state index contributed by atoms with van der Waals surface area (Å²) < 4.78 is 0. The maximum atomic E-state index is 12.4. The van der Waals surface area contributed by atoms with E-state index in [1.54, 1.807) is 6.07 Å². The van der Waals surface area contributed by atoms with E-state index in [0.29, 0.717) is 11.1 Å². The first-order chi connectivity index (χ1) is 8.70. The molecule has 0 bridgehead atoms. The number of phenolic OH excluding ortho intramolecular Hbond substituents is 1. The average Bonchev–Trinajstić information content (AvgIpc) is 2.38. The molecule has 0 aromatic heterocycles. The zero-order valence-electron chi connectivity index (χ0n) is 10.2. The summed E-state index contributed by atoms with van der Waals surface area (Å²) in [6.45, 7) is 2.04. The van der Waals surface area contributed by atoms with E-state index in [0.717, 1.165) is 29.5 Å². The van der Waals surface area contributed by atoms with E-state index in [1.165, 1.54) is 0 Å². The third-order valence-corrected chi connectivity index (χ3v) is 3.54. The summed E-state index contributed by atoms with van der Waals surface area (Å²) in [6, 6.07) is 11.3. The number of aromatic hydroxyl groups is 1. The zero-order chi connectivity index (χ0) is 12.7. The third-order valence-electron chi connectivity index (χ3n) is 3.54. The molecule has 0 heterocycles. The minimum Gasteiger partial charge on any atom is -0.507 e. The minimum atomic E-state index is -0.0630. The summed E-state index contributed by atoms with van der Waals surface area (Å²) in [5.41, 5.74) is 4.24. The summed E-state index contributed by atoms with van der Waals surface area (Å²) in [4.78, 5) is 12.4. The molecule has 2 aromatic carbocycles. The molecule has 0 saturated carbocycles. The number of carbonyl (C=O) groups is 1. The molecule has 1 N–H and O–H groups in total. The molecule has 2 nitrogen and oxygen atoms in total. The zero-order valence-corrected chi connectivity index (χ0v) is 10.2. The second-order valence-electron chi connectivity index (χ2n) is 4.67. The fourth-order valence-corrected chi connectivity index (χ4v) is 2.59. The quantitative estimate of drug-likeness (QED) is 0.707. The van der Waals surface area contributed by atoms with Gasteiger partial charge in [0.2, 0.25) is 0 Å². The van der Waals surface area contributed by atoms with E-state index in [9.17, 15) is 9.90 Å². The van der Waals surface area contributed by atoms with Crippen molar-refractivity contribution in [1.82, 2.24) is 0 Å². The monoisotopic (exact) mass is 238 g/mol. The highest BCUT2D eigenvalue weighted by Crippen LogP contribution is 2.33. The third kappa shape index (κ3) is 1.53. The van der Waals surface area contributed by atoms with Crippen molar-refractivity contribution in [3.63, 3.8) is 0 Å². The molecular weight excluding hydrogens is 224 g/mol. The van der Waals surface area contributed by atoms with Crippen LogP contribution in [0.2, 0.25) is 0 Å². The number of hydrogen-bond donors (Lipinski definition) is 1. The number of benzene rings is 2. The molecule has 0 saturated heterocycles. The first-order valence-electron chi connectivity index (χ1n) is 6.18. The fourth-order valence-electron chi connectivity index (χ4n) is 2.59. The molecule has 0 spiro atoms. The van der Waals surface area contributed by atoms with Gasteiger partial charge in [0, 0.05) is 5.56 Å². The fraction of sp³-hybridized carbons (Fsp3) is 0.188. The van der Waals surface area contributed by atoms with Gasteiger partial charge in [-0.05, 0) is 35.6 Å². The summed E-state index contributed by atoms with van der Waals surface area (Å²) in [5, 5.41) is 10.0. The molecule has 1 aliphatic rings. The van der Waals surface area contributed by atoms with Crippen LogP contribution in [0.3, 0.4) is 0 Å². The van der Waals surface area contributed by atoms with Crippen LogP contribution in [-0.4, -0.2) is 10.9 Å². The molecule has 0 radical (unpaired) electrons. The van der Waals surface area contributed by atoms with E-state index >= 15 is 0 Å². The van der Waals surface area contributed by atoms with Gasteiger partial charge in [0.05, 0.1) is 5.56 Å². The number of carbonyl (C=O) groups excluding carboxylic acids is 1. The topological polar surface area (TPSA) is 37.3 Å². The Hall–Kier alpha value is -2.09. The summed E-state index contributed by atoms with van der Waals surface area (Å²) in [6.07, 6.45) is 1.58. The maximum absolute atomic E-state index is 12.4. The van der Waals surface area contributed by atoms with Gasteiger partial charge in [0.25, 0.3) is 0 Å². The van der Waals surface area contributed by atoms with Gasteiger partial charge < -0.3 is 5.11 Å². The van der Waals surface area contributed by atoms with Gasteiger partial charge in [-0.2, -0.15) is 0 Å². The molecule has 1 aliphatic carbocycles. The van der Waals surface area contributed by atoms with Gasteiger partial charge in [-0.15, -0.1) is 0 Å². The van der Waals surface area contributed by atoms with Crippen LogP contribution in [0.5, 0.6) is 5.75 Å². The largest absolute Gasteiger partial charge is 0.507 e. The van der Waals surface area contributed by atoms with Crippen molar-refractivity contribution in [3.8, 4) is 5.75 Å². The number of fused-ring (bicyclic) bond motifs is 2. The Balaban J connectivity index is 2.22. The molecule has 90 valence electrons. The van der Waals surface area contributed by atoms with Crippen molar-refractivity contribution in [1.29, 1.82) is 0 Å². The first-order valence-corrected chi connectivity index (χ1v) is 6.18. The molecular formula is C16H14O2. The van der Waals surface area contributed by atoms with Crippen LogP contribution >= 0.6 is 0 Å². The molecule has 0 unspecified atom stereocenters. The lowest BCUT2D eigenvalue weighted by molar-refractivity contribution is 0.103. The average molecular weight is 238 g/mol. The normalized spacial score (nSPS) is 13.1. The SMILES string of the molecule is CCc1cc(O)c2c(c1)Cc1ccccc1C2=O. The van der Waals surface area contributed by atoms with Crippen LogP contribution in [-0.2, 0) is 12.8 Å². The molecule has 3 rings (SSSR count). The van der Waals surface area contributed by atoms with Crippen molar-refractivity contribution in [3.05, 3.63) is 64.2 Å². The Kier molecular flexibility index (Phi) is 2.44. The number of rotatable bonds is 1. The van der Waals surface area contributed by atoms with Crippen LogP contribution in [0.4, 0.5) is 0 Å². The number of phenols is 1. The van der Waals surface area contributed by atoms with Crippen molar-refractivity contribution < 1.29 is 9.90 Å². The standard InChI is InChI=1S/C16H14O2/c1-2-10-7-12-9-11-5-3-4-6-13(11)16(18)15(12)14(17)8-10/h3-8,17H,2,9H2,1H3. The lowest BCUT2D eigenvalue weighted by Gasteiger charge is -2.20. The highest BCUT2D eigenvalue weighted by molar-refractivity contribution is 6.14. The van der Waals surface area contributed by atoms with E-state index in [2.05, 4.69) is 0 Å². The van der Waals surface area contributed by atoms with Crippen molar-refractivity contribution in [2.75, 3.05) is 0 Å². The molecule has 0 amide bonds. The van der Waals surface area contributed by atoms with Gasteiger partial charge >= 0.3 is 0 Å². The van der Waals surface area contributed by atoms with Crippen LogP contribution in [0.1, 0.15) is 39.5 Å². The summed E-state index contributed by atoms with van der Waals surface area (Å²) in [7, 11) is 0. The van der Waals surface area contributed by atoms with E-state index in [4.69, 9.17) is 0 Å². The predicted octanol–water partition coefficient (Wildman–Crippen LogP) is 3.09. The highest BCUT2D eigenvalue weighted by atomic mass is 16.3. The van der Waals surface area contributed by atoms with Gasteiger partial charge in [0.15, 0.2) is 5.78 Å². The molecule has 0 atom stereocenters. The maximum Gasteiger partial charge on any atom is 0.197 e. The second-order valence-corrected chi connectivity index (χ2v) is 4.67. The van der Waals surface area contributed by atoms with Crippen LogP contribution < -0.4 is 0 Å². The van der Waals surface area contributed by atoms with Crippen LogP contribution in [0.25, 0.3) is 0 Å². The lowest BCUT2D eigenvalue weighted by atomic mass is 9.83. The summed E-state index contributed by atoms with van der Waals surface area (Å²) >= 11 is 0. The smallest absolute Gasteiger partial charge is 0.197 e. The first kappa shape index (κ1) is 11.0. The highest BCUT2D eigenvalue weighted by Gasteiger charge is 2.25. The Bertz CT molecular complexity index is 642. The number of aryl methyl sites for hydroxylation is 1. The Morgan fingerprint density at radius 3 is 2.72 bits per heavy atom. The van der Waals surface area contributed by atoms with E-state index < -0.39 is 0 Å². The van der Waals surface area contributed by atoms with Crippen molar-refractivity contribution in [2.24, 2.45) is 0 Å². The lowest BCUT2D eigenvalue weighted by Crippen LogP contribution is -2.15. The Labute approximate surface area is 106 Å². The van der Waals surface area contributed by atoms with Crippen LogP contribution in [0.15, 0.2) is 36.4 Å². The van der Waals surface area contributed by atoms with Crippen molar-refractivity contribution in [2.45, 2.75) is 19.8 Å².